The molecule has 6 nitrogen and oxygen atoms in total. The van der Waals surface area contributed by atoms with Gasteiger partial charge in [0.25, 0.3) is 0 Å². The van der Waals surface area contributed by atoms with Crippen molar-refractivity contribution in [2.24, 2.45) is 0 Å². The predicted octanol–water partition coefficient (Wildman–Crippen LogP) is 3.11. The van der Waals surface area contributed by atoms with Crippen molar-refractivity contribution in [2.75, 3.05) is 12.4 Å². The third kappa shape index (κ3) is 6.68. The van der Waals surface area contributed by atoms with E-state index in [0.29, 0.717) is 17.0 Å². The fraction of sp³-hybridized carbons (Fsp3) is 0.462. The molecule has 1 aromatic rings. The molecule has 0 radical (unpaired) electrons. The van der Waals surface area contributed by atoms with E-state index in [1.165, 1.54) is 13.2 Å². The first-order chi connectivity index (χ1) is 9.50. The van der Waals surface area contributed by atoms with Gasteiger partial charge in [0.05, 0.1) is 18.6 Å². The third-order valence-corrected chi connectivity index (χ3v) is 3.24. The summed E-state index contributed by atoms with van der Waals surface area (Å²) in [5.41, 5.74) is 0.0930. The summed E-state index contributed by atoms with van der Waals surface area (Å²) in [4.78, 5) is 11.8. The summed E-state index contributed by atoms with van der Waals surface area (Å²) in [6.07, 6.45) is -0.660. The van der Waals surface area contributed by atoms with Crippen LogP contribution in [0.5, 0.6) is 5.75 Å². The maximum atomic E-state index is 11.8. The van der Waals surface area contributed by atoms with Gasteiger partial charge in [0, 0.05) is 10.7 Å². The molecule has 8 heteroatoms. The summed E-state index contributed by atoms with van der Waals surface area (Å²) in [6.45, 7) is 5.21. The molecule has 0 aromatic heterocycles. The lowest BCUT2D eigenvalue weighted by molar-refractivity contribution is 0.0635. The normalized spacial score (nSPS) is 11.9. The lowest BCUT2D eigenvalue weighted by Crippen LogP contribution is -2.27. The Morgan fingerprint density at radius 1 is 1.33 bits per heavy atom. The molecule has 0 saturated heterocycles. The van der Waals surface area contributed by atoms with Gasteiger partial charge >= 0.3 is 6.09 Å². The number of anilines is 1. The van der Waals surface area contributed by atoms with Crippen molar-refractivity contribution in [2.45, 2.75) is 32.1 Å². The second kappa shape index (κ2) is 6.53. The van der Waals surface area contributed by atoms with Crippen molar-refractivity contribution >= 4 is 31.5 Å². The number of hydrogen-bond donors (Lipinski definition) is 1. The molecule has 1 aromatic carbocycles. The molecule has 0 spiro atoms. The van der Waals surface area contributed by atoms with Gasteiger partial charge in [-0.1, -0.05) is 6.07 Å². The fourth-order valence-electron chi connectivity index (χ4n) is 1.56. The lowest BCUT2D eigenvalue weighted by Gasteiger charge is -2.20. The average molecular weight is 336 g/mol. The van der Waals surface area contributed by atoms with Crippen LogP contribution in [0.15, 0.2) is 18.2 Å². The van der Waals surface area contributed by atoms with Crippen molar-refractivity contribution in [3.05, 3.63) is 23.8 Å². The number of rotatable bonds is 4. The van der Waals surface area contributed by atoms with Gasteiger partial charge in [-0.2, -0.15) is 0 Å². The highest BCUT2D eigenvalue weighted by atomic mass is 35.7. The predicted molar refractivity (Wildman–Crippen MR) is 81.3 cm³/mol. The third-order valence-electron chi connectivity index (χ3n) is 2.24. The summed E-state index contributed by atoms with van der Waals surface area (Å²) >= 11 is 0. The summed E-state index contributed by atoms with van der Waals surface area (Å²) in [7, 11) is 2.97. The van der Waals surface area contributed by atoms with Gasteiger partial charge in [-0.25, -0.2) is 13.2 Å². The minimum Gasteiger partial charge on any atom is -0.495 e. The molecule has 1 amide bonds. The van der Waals surface area contributed by atoms with Crippen molar-refractivity contribution in [1.82, 2.24) is 0 Å². The Morgan fingerprint density at radius 3 is 2.43 bits per heavy atom. The number of carbonyl (C=O) groups is 1. The number of hydrogen-bond acceptors (Lipinski definition) is 5. The Balaban J connectivity index is 2.98. The molecule has 0 atom stereocenters. The molecule has 0 unspecified atom stereocenters. The van der Waals surface area contributed by atoms with Crippen LogP contribution in [0, 0.1) is 0 Å². The molecule has 1 N–H and O–H groups in total. The first kappa shape index (κ1) is 17.6. The molecule has 0 fully saturated rings. The number of ether oxygens (including phenoxy) is 2. The Kier molecular flexibility index (Phi) is 5.47. The molecule has 0 aliphatic carbocycles. The van der Waals surface area contributed by atoms with Crippen LogP contribution in [-0.2, 0) is 19.5 Å². The summed E-state index contributed by atoms with van der Waals surface area (Å²) in [5.74, 6) is 0.0400. The van der Waals surface area contributed by atoms with E-state index in [0.717, 1.165) is 0 Å². The van der Waals surface area contributed by atoms with Gasteiger partial charge in [0.15, 0.2) is 0 Å². The number of halogens is 1. The molecule has 0 bridgehead atoms. The van der Waals surface area contributed by atoms with E-state index in [4.69, 9.17) is 20.2 Å². The van der Waals surface area contributed by atoms with E-state index >= 15 is 0 Å². The fourth-order valence-corrected chi connectivity index (χ4v) is 2.51. The van der Waals surface area contributed by atoms with Crippen LogP contribution in [0.2, 0.25) is 0 Å². The Labute approximate surface area is 128 Å². The van der Waals surface area contributed by atoms with Gasteiger partial charge in [0.2, 0.25) is 9.05 Å². The van der Waals surface area contributed by atoms with E-state index in [-0.39, 0.29) is 5.75 Å². The highest BCUT2D eigenvalue weighted by Gasteiger charge is 2.18. The van der Waals surface area contributed by atoms with E-state index in [1.54, 1.807) is 32.9 Å². The van der Waals surface area contributed by atoms with E-state index in [1.807, 2.05) is 0 Å². The quantitative estimate of drug-likeness (QED) is 0.855. The molecule has 0 aliphatic heterocycles. The molecule has 118 valence electrons. The second-order valence-electron chi connectivity index (χ2n) is 5.34. The number of methoxy groups -OCH3 is 1. The zero-order valence-corrected chi connectivity index (χ0v) is 13.8. The highest BCUT2D eigenvalue weighted by Crippen LogP contribution is 2.27. The molecule has 0 saturated carbocycles. The number of nitrogens with one attached hydrogen (secondary N) is 1. The van der Waals surface area contributed by atoms with Crippen molar-refractivity contribution in [3.8, 4) is 5.75 Å². The largest absolute Gasteiger partial charge is 0.495 e. The van der Waals surface area contributed by atoms with E-state index < -0.39 is 20.7 Å². The van der Waals surface area contributed by atoms with Crippen LogP contribution in [0.3, 0.4) is 0 Å². The SMILES string of the molecule is COc1ccc(CS(=O)(=O)Cl)cc1NC(=O)OC(C)(C)C. The van der Waals surface area contributed by atoms with Gasteiger partial charge in [-0.15, -0.1) is 0 Å². The Morgan fingerprint density at radius 2 is 1.95 bits per heavy atom. The van der Waals surface area contributed by atoms with Gasteiger partial charge in [-0.05, 0) is 38.5 Å². The number of benzene rings is 1. The van der Waals surface area contributed by atoms with Crippen molar-refractivity contribution in [3.63, 3.8) is 0 Å². The van der Waals surface area contributed by atoms with Gasteiger partial charge in [0.1, 0.15) is 11.4 Å². The van der Waals surface area contributed by atoms with Crippen LogP contribution >= 0.6 is 10.7 Å². The zero-order chi connectivity index (χ0) is 16.3. The molecule has 1 rings (SSSR count). The van der Waals surface area contributed by atoms with Crippen LogP contribution in [-0.4, -0.2) is 27.2 Å². The smallest absolute Gasteiger partial charge is 0.412 e. The van der Waals surface area contributed by atoms with Crippen LogP contribution in [0.1, 0.15) is 26.3 Å². The lowest BCUT2D eigenvalue weighted by atomic mass is 10.2. The Hall–Kier alpha value is -1.47. The standard InChI is InChI=1S/C13H18ClNO5S/c1-13(2,3)20-12(16)15-10-7-9(8-21(14,17)18)5-6-11(10)19-4/h5-7H,8H2,1-4H3,(H,15,16). The minimum atomic E-state index is -3.68. The molecule has 21 heavy (non-hydrogen) atoms. The zero-order valence-electron chi connectivity index (χ0n) is 12.3. The molecule has 0 aliphatic rings. The van der Waals surface area contributed by atoms with Crippen LogP contribution < -0.4 is 10.1 Å². The Bertz CT molecular complexity index is 622. The molecular formula is C13H18ClNO5S. The first-order valence-electron chi connectivity index (χ1n) is 6.09. The molecular weight excluding hydrogens is 318 g/mol. The monoisotopic (exact) mass is 335 g/mol. The molecule has 0 heterocycles. The summed E-state index contributed by atoms with van der Waals surface area (Å²) < 4.78 is 32.4. The van der Waals surface area contributed by atoms with Gasteiger partial charge in [-0.3, -0.25) is 5.32 Å². The highest BCUT2D eigenvalue weighted by molar-refractivity contribution is 8.13. The van der Waals surface area contributed by atoms with Gasteiger partial charge < -0.3 is 9.47 Å². The van der Waals surface area contributed by atoms with E-state index in [9.17, 15) is 13.2 Å². The summed E-state index contributed by atoms with van der Waals surface area (Å²) in [5, 5.41) is 2.52. The summed E-state index contributed by atoms with van der Waals surface area (Å²) in [6, 6.07) is 4.58. The number of carbonyl (C=O) groups excluding carboxylic acids is 1. The van der Waals surface area contributed by atoms with E-state index in [2.05, 4.69) is 5.32 Å². The number of amides is 1. The van der Waals surface area contributed by atoms with Crippen molar-refractivity contribution in [1.29, 1.82) is 0 Å². The maximum Gasteiger partial charge on any atom is 0.412 e. The topological polar surface area (TPSA) is 81.7 Å². The first-order valence-corrected chi connectivity index (χ1v) is 8.57. The second-order valence-corrected chi connectivity index (χ2v) is 8.12. The maximum absolute atomic E-state index is 11.8. The minimum absolute atomic E-state index is 0.310. The van der Waals surface area contributed by atoms with Crippen LogP contribution in [0.4, 0.5) is 10.5 Å². The average Bonchev–Trinajstić information content (AvgIpc) is 2.24. The van der Waals surface area contributed by atoms with Crippen molar-refractivity contribution < 1.29 is 22.7 Å². The van der Waals surface area contributed by atoms with Crippen LogP contribution in [0.25, 0.3) is 0 Å².